The number of nitrogens with one attached hydrogen (secondary N) is 1. The fourth-order valence-electron chi connectivity index (χ4n) is 1.69. The minimum Gasteiger partial charge on any atom is -0.382 e. The van der Waals surface area contributed by atoms with Crippen molar-refractivity contribution in [2.75, 3.05) is 26.0 Å². The van der Waals surface area contributed by atoms with Gasteiger partial charge in [-0.15, -0.1) is 0 Å². The first-order valence-electron chi connectivity index (χ1n) is 6.53. The Morgan fingerprint density at radius 3 is 2.65 bits per heavy atom. The molecule has 1 amide bonds. The number of rotatable bonds is 7. The van der Waals surface area contributed by atoms with Crippen LogP contribution in [0.4, 0.5) is 0 Å². The molecule has 0 radical (unpaired) electrons. The first kappa shape index (κ1) is 16.7. The molecule has 0 saturated heterocycles. The van der Waals surface area contributed by atoms with Crippen LogP contribution in [0.5, 0.6) is 0 Å². The third-order valence-electron chi connectivity index (χ3n) is 2.84. The number of sulfone groups is 1. The Labute approximate surface area is 120 Å². The molecule has 0 fully saturated rings. The van der Waals surface area contributed by atoms with E-state index in [1.54, 1.807) is 13.0 Å². The summed E-state index contributed by atoms with van der Waals surface area (Å²) >= 11 is 0. The van der Waals surface area contributed by atoms with Crippen molar-refractivity contribution < 1.29 is 17.9 Å². The van der Waals surface area contributed by atoms with E-state index in [0.717, 1.165) is 18.2 Å². The zero-order chi connectivity index (χ0) is 15.2. The molecule has 1 aromatic rings. The first-order valence-corrected chi connectivity index (χ1v) is 8.42. The van der Waals surface area contributed by atoms with Gasteiger partial charge in [-0.25, -0.2) is 8.42 Å². The van der Waals surface area contributed by atoms with Crippen LogP contribution in [-0.2, 0) is 14.6 Å². The van der Waals surface area contributed by atoms with Crippen molar-refractivity contribution in [3.63, 3.8) is 0 Å². The van der Waals surface area contributed by atoms with Gasteiger partial charge in [0.25, 0.3) is 5.91 Å². The topological polar surface area (TPSA) is 72.5 Å². The van der Waals surface area contributed by atoms with E-state index in [0.29, 0.717) is 25.3 Å². The van der Waals surface area contributed by atoms with Crippen LogP contribution < -0.4 is 5.32 Å². The summed E-state index contributed by atoms with van der Waals surface area (Å²) in [5, 5.41) is 2.76. The molecule has 0 spiro atoms. The maximum absolute atomic E-state index is 12.0. The quantitative estimate of drug-likeness (QED) is 0.775. The molecule has 0 heterocycles. The van der Waals surface area contributed by atoms with Crippen LogP contribution in [-0.4, -0.2) is 40.3 Å². The van der Waals surface area contributed by atoms with E-state index in [1.165, 1.54) is 12.1 Å². The average molecular weight is 299 g/mol. The van der Waals surface area contributed by atoms with Crippen molar-refractivity contribution >= 4 is 15.7 Å². The van der Waals surface area contributed by atoms with Gasteiger partial charge in [0.05, 0.1) is 4.90 Å². The number of amides is 1. The summed E-state index contributed by atoms with van der Waals surface area (Å²) in [6.07, 6.45) is 1.85. The molecule has 0 saturated carbocycles. The molecule has 112 valence electrons. The standard InChI is InChI=1S/C14H21NO4S/c1-4-19-9-5-8-15-14(16)13-10-12(20(3,17)18)7-6-11(13)2/h6-7,10H,4-5,8-9H2,1-3H3,(H,15,16). The lowest BCUT2D eigenvalue weighted by atomic mass is 10.1. The van der Waals surface area contributed by atoms with Crippen LogP contribution in [0.3, 0.4) is 0 Å². The lowest BCUT2D eigenvalue weighted by molar-refractivity contribution is 0.0943. The van der Waals surface area contributed by atoms with Gasteiger partial charge in [0.1, 0.15) is 0 Å². The minimum atomic E-state index is -3.31. The summed E-state index contributed by atoms with van der Waals surface area (Å²) in [6, 6.07) is 4.57. The predicted octanol–water partition coefficient (Wildman–Crippen LogP) is 1.55. The van der Waals surface area contributed by atoms with E-state index < -0.39 is 9.84 Å². The molecule has 0 atom stereocenters. The molecule has 0 unspecified atom stereocenters. The molecule has 20 heavy (non-hydrogen) atoms. The fraction of sp³-hybridized carbons (Fsp3) is 0.500. The molecule has 0 aliphatic carbocycles. The molecule has 0 aliphatic rings. The maximum atomic E-state index is 12.0. The Bertz CT molecular complexity index is 567. The average Bonchev–Trinajstić information content (AvgIpc) is 2.37. The van der Waals surface area contributed by atoms with Gasteiger partial charge >= 0.3 is 0 Å². The molecule has 1 N–H and O–H groups in total. The van der Waals surface area contributed by atoms with Gasteiger partial charge in [0.2, 0.25) is 0 Å². The van der Waals surface area contributed by atoms with Gasteiger partial charge in [0.15, 0.2) is 9.84 Å². The summed E-state index contributed by atoms with van der Waals surface area (Å²) in [6.45, 7) is 5.45. The van der Waals surface area contributed by atoms with E-state index in [4.69, 9.17) is 4.74 Å². The zero-order valence-electron chi connectivity index (χ0n) is 12.1. The van der Waals surface area contributed by atoms with Gasteiger partial charge in [-0.2, -0.15) is 0 Å². The third-order valence-corrected chi connectivity index (χ3v) is 3.95. The number of carbonyl (C=O) groups excluding carboxylic acids is 1. The molecule has 5 nitrogen and oxygen atoms in total. The molecule has 1 rings (SSSR count). The van der Waals surface area contributed by atoms with Crippen molar-refractivity contribution in [1.82, 2.24) is 5.32 Å². The van der Waals surface area contributed by atoms with Crippen molar-refractivity contribution in [3.05, 3.63) is 29.3 Å². The van der Waals surface area contributed by atoms with E-state index in [1.807, 2.05) is 6.92 Å². The number of carbonyl (C=O) groups is 1. The smallest absolute Gasteiger partial charge is 0.251 e. The predicted molar refractivity (Wildman–Crippen MR) is 77.7 cm³/mol. The zero-order valence-corrected chi connectivity index (χ0v) is 12.9. The molecular weight excluding hydrogens is 278 g/mol. The van der Waals surface area contributed by atoms with Gasteiger partial charge in [-0.05, 0) is 38.0 Å². The normalized spacial score (nSPS) is 11.3. The lowest BCUT2D eigenvalue weighted by Crippen LogP contribution is -2.26. The van der Waals surface area contributed by atoms with Crippen LogP contribution in [0.15, 0.2) is 23.1 Å². The summed E-state index contributed by atoms with van der Waals surface area (Å²) in [7, 11) is -3.31. The number of hydrogen-bond acceptors (Lipinski definition) is 4. The Balaban J connectivity index is 2.72. The second-order valence-electron chi connectivity index (χ2n) is 4.56. The molecule has 1 aromatic carbocycles. The Kier molecular flexibility index (Phi) is 6.16. The van der Waals surface area contributed by atoms with Crippen molar-refractivity contribution in [2.24, 2.45) is 0 Å². The van der Waals surface area contributed by atoms with Gasteiger partial charge in [-0.3, -0.25) is 4.79 Å². The van der Waals surface area contributed by atoms with Crippen LogP contribution in [0.1, 0.15) is 29.3 Å². The van der Waals surface area contributed by atoms with Gasteiger partial charge < -0.3 is 10.1 Å². The fourth-order valence-corrected chi connectivity index (χ4v) is 2.34. The van der Waals surface area contributed by atoms with Crippen LogP contribution >= 0.6 is 0 Å². The SMILES string of the molecule is CCOCCCNC(=O)c1cc(S(C)(=O)=O)ccc1C. The van der Waals surface area contributed by atoms with Gasteiger partial charge in [0, 0.05) is 31.6 Å². The highest BCUT2D eigenvalue weighted by atomic mass is 32.2. The highest BCUT2D eigenvalue weighted by molar-refractivity contribution is 7.90. The summed E-state index contributed by atoms with van der Waals surface area (Å²) in [5.74, 6) is -0.260. The monoisotopic (exact) mass is 299 g/mol. The van der Waals surface area contributed by atoms with E-state index >= 15 is 0 Å². The molecule has 0 aliphatic heterocycles. The lowest BCUT2D eigenvalue weighted by Gasteiger charge is -2.09. The Morgan fingerprint density at radius 1 is 1.35 bits per heavy atom. The summed E-state index contributed by atoms with van der Waals surface area (Å²) in [4.78, 5) is 12.2. The Morgan fingerprint density at radius 2 is 2.05 bits per heavy atom. The second-order valence-corrected chi connectivity index (χ2v) is 6.57. The summed E-state index contributed by atoms with van der Waals surface area (Å²) in [5.41, 5.74) is 1.14. The van der Waals surface area contributed by atoms with Crippen LogP contribution in [0.2, 0.25) is 0 Å². The largest absolute Gasteiger partial charge is 0.382 e. The maximum Gasteiger partial charge on any atom is 0.251 e. The number of hydrogen-bond donors (Lipinski definition) is 1. The minimum absolute atomic E-state index is 0.155. The number of benzene rings is 1. The van der Waals surface area contributed by atoms with Crippen molar-refractivity contribution in [1.29, 1.82) is 0 Å². The van der Waals surface area contributed by atoms with E-state index in [2.05, 4.69) is 5.32 Å². The summed E-state index contributed by atoms with van der Waals surface area (Å²) < 4.78 is 28.2. The highest BCUT2D eigenvalue weighted by Crippen LogP contribution is 2.15. The number of ether oxygens (including phenoxy) is 1. The van der Waals surface area contributed by atoms with Crippen molar-refractivity contribution in [2.45, 2.75) is 25.2 Å². The second kappa shape index (κ2) is 7.40. The van der Waals surface area contributed by atoms with Crippen LogP contribution in [0.25, 0.3) is 0 Å². The first-order chi connectivity index (χ1) is 9.36. The molecular formula is C14H21NO4S. The number of aryl methyl sites for hydroxylation is 1. The third kappa shape index (κ3) is 4.94. The van der Waals surface area contributed by atoms with Crippen LogP contribution in [0, 0.1) is 6.92 Å². The molecule has 0 aromatic heterocycles. The molecule has 6 heteroatoms. The molecule has 0 bridgehead atoms. The highest BCUT2D eigenvalue weighted by Gasteiger charge is 2.13. The Hall–Kier alpha value is -1.40. The van der Waals surface area contributed by atoms with E-state index in [9.17, 15) is 13.2 Å². The van der Waals surface area contributed by atoms with Gasteiger partial charge in [-0.1, -0.05) is 6.07 Å². The van der Waals surface area contributed by atoms with Crippen molar-refractivity contribution in [3.8, 4) is 0 Å². The van der Waals surface area contributed by atoms with E-state index in [-0.39, 0.29) is 10.8 Å².